The first kappa shape index (κ1) is 21.9. The third-order valence-corrected chi connectivity index (χ3v) is 8.03. The van der Waals surface area contributed by atoms with Crippen molar-refractivity contribution in [3.05, 3.63) is 46.3 Å². The molecule has 1 aliphatic rings. The number of aryl methyl sites for hydroxylation is 1. The van der Waals surface area contributed by atoms with Gasteiger partial charge in [0, 0.05) is 18.5 Å². The van der Waals surface area contributed by atoms with Crippen molar-refractivity contribution in [1.29, 1.82) is 0 Å². The van der Waals surface area contributed by atoms with Crippen LogP contribution in [0.25, 0.3) is 10.7 Å². The Bertz CT molecular complexity index is 1060. The van der Waals surface area contributed by atoms with Crippen LogP contribution in [0, 0.1) is 5.92 Å². The Morgan fingerprint density at radius 1 is 1.35 bits per heavy atom. The number of benzene rings is 1. The molecule has 0 spiro atoms. The fourth-order valence-corrected chi connectivity index (χ4v) is 5.85. The van der Waals surface area contributed by atoms with Gasteiger partial charge in [-0.15, -0.1) is 21.5 Å². The van der Waals surface area contributed by atoms with Crippen molar-refractivity contribution in [3.8, 4) is 16.5 Å². The predicted octanol–water partition coefficient (Wildman–Crippen LogP) is 4.48. The summed E-state index contributed by atoms with van der Waals surface area (Å²) < 4.78 is 7.22. The molecule has 0 fully saturated rings. The Labute approximate surface area is 191 Å². The van der Waals surface area contributed by atoms with Crippen LogP contribution in [0.1, 0.15) is 35.8 Å². The van der Waals surface area contributed by atoms with Crippen molar-refractivity contribution < 1.29 is 9.53 Å². The molecule has 3 aromatic rings. The lowest BCUT2D eigenvalue weighted by atomic mass is 9.87. The van der Waals surface area contributed by atoms with Crippen molar-refractivity contribution >= 4 is 29.0 Å². The second kappa shape index (κ2) is 9.87. The molecule has 6 nitrogen and oxygen atoms in total. The highest BCUT2D eigenvalue weighted by atomic mass is 32.2. The number of rotatable bonds is 8. The largest absolute Gasteiger partial charge is 0.497 e. The molecule has 0 aliphatic heterocycles. The zero-order valence-electron chi connectivity index (χ0n) is 18.2. The molecule has 0 bridgehead atoms. The van der Waals surface area contributed by atoms with Gasteiger partial charge in [0.15, 0.2) is 11.0 Å². The summed E-state index contributed by atoms with van der Waals surface area (Å²) >= 11 is 3.25. The number of fused-ring (bicyclic) bond motifs is 1. The highest BCUT2D eigenvalue weighted by Crippen LogP contribution is 2.38. The van der Waals surface area contributed by atoms with Crippen molar-refractivity contribution in [3.63, 3.8) is 0 Å². The van der Waals surface area contributed by atoms with E-state index in [-0.39, 0.29) is 5.91 Å². The van der Waals surface area contributed by atoms with Crippen LogP contribution < -0.4 is 10.1 Å². The molecule has 1 aromatic carbocycles. The van der Waals surface area contributed by atoms with E-state index in [0.717, 1.165) is 28.2 Å². The van der Waals surface area contributed by atoms with Gasteiger partial charge in [-0.3, -0.25) is 4.79 Å². The van der Waals surface area contributed by atoms with E-state index in [9.17, 15) is 4.79 Å². The molecule has 164 valence electrons. The minimum absolute atomic E-state index is 0.0328. The average Bonchev–Trinajstić information content (AvgIpc) is 3.38. The monoisotopic (exact) mass is 456 g/mol. The van der Waals surface area contributed by atoms with E-state index in [2.05, 4.69) is 28.5 Å². The van der Waals surface area contributed by atoms with Gasteiger partial charge in [-0.25, -0.2) is 0 Å². The van der Waals surface area contributed by atoms with E-state index in [1.54, 1.807) is 7.11 Å². The maximum atomic E-state index is 12.3. The fraction of sp³-hybridized carbons (Fsp3) is 0.435. The van der Waals surface area contributed by atoms with Crippen LogP contribution in [-0.4, -0.2) is 33.5 Å². The zero-order valence-corrected chi connectivity index (χ0v) is 19.8. The first-order valence-electron chi connectivity index (χ1n) is 10.6. The predicted molar refractivity (Wildman–Crippen MR) is 126 cm³/mol. The molecule has 4 rings (SSSR count). The standard InChI is InChI=1S/C23H28N4O2S2/c1-4-15-8-9-19-17(10-15)12-20(31-19)22-25-26-23(27(22)2)30-14-21(28)24-13-16-6-5-7-18(11-16)29-3/h5-7,11-12,15H,4,8-10,13-14H2,1-3H3,(H,24,28). The van der Waals surface area contributed by atoms with Gasteiger partial charge in [0.05, 0.1) is 17.7 Å². The Morgan fingerprint density at radius 3 is 3.03 bits per heavy atom. The smallest absolute Gasteiger partial charge is 0.230 e. The van der Waals surface area contributed by atoms with E-state index < -0.39 is 0 Å². The number of ether oxygens (including phenoxy) is 1. The molecule has 0 radical (unpaired) electrons. The van der Waals surface area contributed by atoms with E-state index in [1.165, 1.54) is 52.8 Å². The summed E-state index contributed by atoms with van der Waals surface area (Å²) in [5.41, 5.74) is 2.48. The summed E-state index contributed by atoms with van der Waals surface area (Å²) in [5, 5.41) is 12.4. The van der Waals surface area contributed by atoms with E-state index in [0.29, 0.717) is 12.3 Å². The van der Waals surface area contributed by atoms with Crippen molar-refractivity contribution in [2.24, 2.45) is 13.0 Å². The highest BCUT2D eigenvalue weighted by Gasteiger charge is 2.22. The normalized spacial score (nSPS) is 15.5. The molecule has 1 aliphatic carbocycles. The second-order valence-electron chi connectivity index (χ2n) is 7.86. The molecule has 1 atom stereocenters. The number of carbonyl (C=O) groups excluding carboxylic acids is 1. The van der Waals surface area contributed by atoms with Crippen LogP contribution in [0.3, 0.4) is 0 Å². The van der Waals surface area contributed by atoms with Gasteiger partial charge < -0.3 is 14.6 Å². The van der Waals surface area contributed by atoms with Gasteiger partial charge in [-0.05, 0) is 54.5 Å². The number of hydrogen-bond acceptors (Lipinski definition) is 6. The number of hydrogen-bond donors (Lipinski definition) is 1. The van der Waals surface area contributed by atoms with E-state index in [4.69, 9.17) is 4.74 Å². The Kier molecular flexibility index (Phi) is 6.97. The summed E-state index contributed by atoms with van der Waals surface area (Å²) in [7, 11) is 3.61. The summed E-state index contributed by atoms with van der Waals surface area (Å²) in [4.78, 5) is 15.0. The van der Waals surface area contributed by atoms with Gasteiger partial charge in [-0.2, -0.15) is 0 Å². The molecule has 0 saturated carbocycles. The number of amides is 1. The Morgan fingerprint density at radius 2 is 2.23 bits per heavy atom. The lowest BCUT2D eigenvalue weighted by Crippen LogP contribution is -2.24. The van der Waals surface area contributed by atoms with E-state index in [1.807, 2.05) is 47.2 Å². The first-order valence-corrected chi connectivity index (χ1v) is 12.4. The van der Waals surface area contributed by atoms with Crippen molar-refractivity contribution in [2.75, 3.05) is 12.9 Å². The van der Waals surface area contributed by atoms with Crippen LogP contribution in [0.4, 0.5) is 0 Å². The van der Waals surface area contributed by atoms with Crippen LogP contribution in [0.2, 0.25) is 0 Å². The average molecular weight is 457 g/mol. The Hall–Kier alpha value is -2.32. The summed E-state index contributed by atoms with van der Waals surface area (Å²) in [5.74, 6) is 2.74. The summed E-state index contributed by atoms with van der Waals surface area (Å²) in [6.07, 6.45) is 4.88. The molecule has 31 heavy (non-hydrogen) atoms. The molecule has 1 N–H and O–H groups in total. The van der Waals surface area contributed by atoms with Crippen molar-refractivity contribution in [1.82, 2.24) is 20.1 Å². The number of aromatic nitrogens is 3. The third-order valence-electron chi connectivity index (χ3n) is 5.77. The van der Waals surface area contributed by atoms with Crippen LogP contribution in [0.15, 0.2) is 35.5 Å². The minimum atomic E-state index is -0.0328. The number of thioether (sulfide) groups is 1. The van der Waals surface area contributed by atoms with Crippen LogP contribution in [0.5, 0.6) is 5.75 Å². The number of carbonyl (C=O) groups is 1. The highest BCUT2D eigenvalue weighted by molar-refractivity contribution is 7.99. The summed E-state index contributed by atoms with van der Waals surface area (Å²) in [6, 6.07) is 9.99. The van der Waals surface area contributed by atoms with Gasteiger partial charge in [0.25, 0.3) is 0 Å². The second-order valence-corrected chi connectivity index (χ2v) is 9.94. The van der Waals surface area contributed by atoms with Gasteiger partial charge in [0.2, 0.25) is 5.91 Å². The molecule has 8 heteroatoms. The van der Waals surface area contributed by atoms with Crippen LogP contribution >= 0.6 is 23.1 Å². The zero-order chi connectivity index (χ0) is 21.8. The fourth-order valence-electron chi connectivity index (χ4n) is 3.88. The maximum absolute atomic E-state index is 12.3. The Balaban J connectivity index is 1.34. The number of nitrogens with zero attached hydrogens (tertiary/aromatic N) is 3. The molecular weight excluding hydrogens is 428 g/mol. The van der Waals surface area contributed by atoms with Crippen LogP contribution in [-0.2, 0) is 31.2 Å². The summed E-state index contributed by atoms with van der Waals surface area (Å²) in [6.45, 7) is 2.75. The first-order chi connectivity index (χ1) is 15.1. The topological polar surface area (TPSA) is 69.0 Å². The van der Waals surface area contributed by atoms with Gasteiger partial charge in [0.1, 0.15) is 5.75 Å². The minimum Gasteiger partial charge on any atom is -0.497 e. The lowest BCUT2D eigenvalue weighted by Gasteiger charge is -2.19. The van der Waals surface area contributed by atoms with E-state index >= 15 is 0 Å². The molecular formula is C23H28N4O2S2. The lowest BCUT2D eigenvalue weighted by molar-refractivity contribution is -0.118. The van der Waals surface area contributed by atoms with Gasteiger partial charge >= 0.3 is 0 Å². The maximum Gasteiger partial charge on any atom is 0.230 e. The quantitative estimate of drug-likeness (QED) is 0.506. The number of nitrogens with one attached hydrogen (secondary N) is 1. The third kappa shape index (κ3) is 5.13. The van der Waals surface area contributed by atoms with Gasteiger partial charge in [-0.1, -0.05) is 37.2 Å². The van der Waals surface area contributed by atoms with Crippen molar-refractivity contribution in [2.45, 2.75) is 44.3 Å². The molecule has 1 unspecified atom stereocenters. The molecule has 0 saturated heterocycles. The molecule has 2 heterocycles. The molecule has 1 amide bonds. The number of thiophene rings is 1. The molecule has 2 aromatic heterocycles. The number of methoxy groups -OCH3 is 1. The SMILES string of the molecule is CCC1CCc2sc(-c3nnc(SCC(=O)NCc4cccc(OC)c4)n3C)cc2C1.